The summed E-state index contributed by atoms with van der Waals surface area (Å²) in [5.41, 5.74) is 1.25. The van der Waals surface area contributed by atoms with Gasteiger partial charge in [0.05, 0.1) is 11.5 Å². The Morgan fingerprint density at radius 1 is 1.35 bits per heavy atom. The predicted octanol–water partition coefficient (Wildman–Crippen LogP) is 4.12. The van der Waals surface area contributed by atoms with E-state index in [9.17, 15) is 0 Å². The molecule has 3 aromatic heterocycles. The van der Waals surface area contributed by atoms with Gasteiger partial charge in [0.2, 0.25) is 0 Å². The SMILES string of the molecule is S=c1oc(-c2cccs2)nn1CN1CCCC1c1cccnc1. The zero-order valence-corrected chi connectivity index (χ0v) is 14.1. The molecule has 1 fully saturated rings. The fourth-order valence-electron chi connectivity index (χ4n) is 3.01. The Balaban J connectivity index is 1.57. The third-order valence-electron chi connectivity index (χ3n) is 4.09. The standard InChI is InChI=1S/C16H16N4OS2/c22-16-20(18-15(21-16)14-6-3-9-23-14)11-19-8-2-5-13(19)12-4-1-7-17-10-12/h1,3-4,6-7,9-10,13H,2,5,8,11H2. The summed E-state index contributed by atoms with van der Waals surface area (Å²) in [6.07, 6.45) is 6.06. The lowest BCUT2D eigenvalue weighted by molar-refractivity contribution is 0.187. The Kier molecular flexibility index (Phi) is 4.07. The van der Waals surface area contributed by atoms with Crippen LogP contribution in [0, 0.1) is 4.84 Å². The number of hydrogen-bond donors (Lipinski definition) is 0. The van der Waals surface area contributed by atoms with E-state index in [1.165, 1.54) is 12.0 Å². The Hall–Kier alpha value is -1.83. The smallest absolute Gasteiger partial charge is 0.288 e. The lowest BCUT2D eigenvalue weighted by Gasteiger charge is -2.23. The van der Waals surface area contributed by atoms with Crippen LogP contribution < -0.4 is 0 Å². The van der Waals surface area contributed by atoms with Crippen molar-refractivity contribution >= 4 is 23.6 Å². The summed E-state index contributed by atoms with van der Waals surface area (Å²) in [5, 5.41) is 6.55. The quantitative estimate of drug-likeness (QED) is 0.666. The predicted molar refractivity (Wildman–Crippen MR) is 91.6 cm³/mol. The highest BCUT2D eigenvalue weighted by Crippen LogP contribution is 2.32. The van der Waals surface area contributed by atoms with Gasteiger partial charge in [0, 0.05) is 25.0 Å². The fourth-order valence-corrected chi connectivity index (χ4v) is 3.84. The van der Waals surface area contributed by atoms with Crippen molar-refractivity contribution in [2.75, 3.05) is 6.54 Å². The molecular formula is C16H16N4OS2. The second-order valence-corrected chi connectivity index (χ2v) is 6.85. The van der Waals surface area contributed by atoms with Crippen molar-refractivity contribution < 1.29 is 4.42 Å². The molecule has 1 atom stereocenters. The number of nitrogens with zero attached hydrogens (tertiary/aromatic N) is 4. The summed E-state index contributed by atoms with van der Waals surface area (Å²) < 4.78 is 7.43. The molecule has 23 heavy (non-hydrogen) atoms. The van der Waals surface area contributed by atoms with Crippen LogP contribution in [0.25, 0.3) is 10.8 Å². The second-order valence-electron chi connectivity index (χ2n) is 5.55. The third-order valence-corrected chi connectivity index (χ3v) is 5.24. The maximum atomic E-state index is 5.65. The highest BCUT2D eigenvalue weighted by atomic mass is 32.1. The molecule has 0 aromatic carbocycles. The number of thiophene rings is 1. The molecule has 0 saturated carbocycles. The summed E-state index contributed by atoms with van der Waals surface area (Å²) >= 11 is 6.94. The highest BCUT2D eigenvalue weighted by Gasteiger charge is 2.27. The third kappa shape index (κ3) is 2.99. The molecule has 3 aromatic rings. The first-order valence-electron chi connectivity index (χ1n) is 7.57. The molecule has 0 aliphatic carbocycles. The molecule has 7 heteroatoms. The van der Waals surface area contributed by atoms with Gasteiger partial charge in [0.15, 0.2) is 0 Å². The van der Waals surface area contributed by atoms with Crippen molar-refractivity contribution in [2.24, 2.45) is 0 Å². The molecule has 118 valence electrons. The average Bonchev–Trinajstić information content (AvgIpc) is 3.30. The van der Waals surface area contributed by atoms with Gasteiger partial charge in [-0.15, -0.1) is 16.4 Å². The highest BCUT2D eigenvalue weighted by molar-refractivity contribution is 7.71. The van der Waals surface area contributed by atoms with Crippen molar-refractivity contribution in [1.29, 1.82) is 0 Å². The van der Waals surface area contributed by atoms with E-state index < -0.39 is 0 Å². The van der Waals surface area contributed by atoms with Crippen LogP contribution in [0.4, 0.5) is 0 Å². The molecule has 1 aliphatic heterocycles. The van der Waals surface area contributed by atoms with E-state index in [1.54, 1.807) is 16.0 Å². The van der Waals surface area contributed by atoms with Gasteiger partial charge in [-0.2, -0.15) is 0 Å². The first kappa shape index (κ1) is 14.7. The van der Waals surface area contributed by atoms with Crippen LogP contribution in [0.15, 0.2) is 46.5 Å². The molecule has 0 N–H and O–H groups in total. The van der Waals surface area contributed by atoms with Crippen molar-refractivity contribution in [2.45, 2.75) is 25.6 Å². The monoisotopic (exact) mass is 344 g/mol. The molecule has 4 heterocycles. The molecule has 1 unspecified atom stereocenters. The number of rotatable bonds is 4. The van der Waals surface area contributed by atoms with Crippen LogP contribution in [0.5, 0.6) is 0 Å². The average molecular weight is 344 g/mol. The molecule has 0 spiro atoms. The van der Waals surface area contributed by atoms with Gasteiger partial charge < -0.3 is 4.42 Å². The minimum absolute atomic E-state index is 0.368. The van der Waals surface area contributed by atoms with E-state index in [2.05, 4.69) is 21.0 Å². The number of hydrogen-bond acceptors (Lipinski definition) is 6. The molecule has 0 amide bonds. The second kappa shape index (κ2) is 6.35. The van der Waals surface area contributed by atoms with E-state index in [4.69, 9.17) is 16.6 Å². The Labute approximate surface area is 143 Å². The Bertz CT molecular complexity index is 825. The van der Waals surface area contributed by atoms with E-state index in [0.29, 0.717) is 23.4 Å². The van der Waals surface area contributed by atoms with Gasteiger partial charge in [-0.3, -0.25) is 9.88 Å². The normalized spacial score (nSPS) is 18.5. The van der Waals surface area contributed by atoms with Gasteiger partial charge >= 0.3 is 0 Å². The number of likely N-dealkylation sites (tertiary alicyclic amines) is 1. The minimum atomic E-state index is 0.368. The van der Waals surface area contributed by atoms with Gasteiger partial charge in [-0.25, -0.2) is 4.68 Å². The van der Waals surface area contributed by atoms with Crippen LogP contribution in [-0.4, -0.2) is 26.2 Å². The largest absolute Gasteiger partial charge is 0.408 e. The summed E-state index contributed by atoms with van der Waals surface area (Å²) in [6.45, 7) is 1.68. The molecule has 1 aliphatic rings. The molecule has 5 nitrogen and oxygen atoms in total. The summed E-state index contributed by atoms with van der Waals surface area (Å²) in [5.74, 6) is 0.599. The van der Waals surface area contributed by atoms with Crippen LogP contribution in [-0.2, 0) is 6.67 Å². The fraction of sp³-hybridized carbons (Fsp3) is 0.312. The zero-order chi connectivity index (χ0) is 15.6. The van der Waals surface area contributed by atoms with Crippen molar-refractivity contribution in [1.82, 2.24) is 19.7 Å². The maximum Gasteiger partial charge on any atom is 0.288 e. The van der Waals surface area contributed by atoms with Crippen LogP contribution in [0.1, 0.15) is 24.4 Å². The maximum absolute atomic E-state index is 5.65. The molecular weight excluding hydrogens is 328 g/mol. The summed E-state index contributed by atoms with van der Waals surface area (Å²) in [6, 6.07) is 8.46. The van der Waals surface area contributed by atoms with Crippen molar-refractivity contribution in [3.05, 3.63) is 52.4 Å². The lowest BCUT2D eigenvalue weighted by atomic mass is 10.1. The van der Waals surface area contributed by atoms with Crippen molar-refractivity contribution in [3.63, 3.8) is 0 Å². The number of aromatic nitrogens is 3. The first-order valence-corrected chi connectivity index (χ1v) is 8.86. The van der Waals surface area contributed by atoms with Gasteiger partial charge in [-0.05, 0) is 48.1 Å². The van der Waals surface area contributed by atoms with Gasteiger partial charge in [0.25, 0.3) is 10.7 Å². The van der Waals surface area contributed by atoms with E-state index in [1.807, 2.05) is 36.0 Å². The topological polar surface area (TPSA) is 47.1 Å². The molecule has 0 radical (unpaired) electrons. The Morgan fingerprint density at radius 3 is 3.09 bits per heavy atom. The van der Waals surface area contributed by atoms with E-state index >= 15 is 0 Å². The van der Waals surface area contributed by atoms with E-state index in [0.717, 1.165) is 17.8 Å². The summed E-state index contributed by atoms with van der Waals surface area (Å²) in [4.78, 5) is 8.04. The minimum Gasteiger partial charge on any atom is -0.408 e. The Morgan fingerprint density at radius 2 is 2.30 bits per heavy atom. The van der Waals surface area contributed by atoms with Gasteiger partial charge in [0.1, 0.15) is 0 Å². The van der Waals surface area contributed by atoms with Crippen LogP contribution in [0.3, 0.4) is 0 Å². The number of pyridine rings is 1. The molecule has 0 bridgehead atoms. The lowest BCUT2D eigenvalue weighted by Crippen LogP contribution is -2.26. The van der Waals surface area contributed by atoms with Crippen LogP contribution in [0.2, 0.25) is 0 Å². The zero-order valence-electron chi connectivity index (χ0n) is 12.5. The van der Waals surface area contributed by atoms with Gasteiger partial charge in [-0.1, -0.05) is 12.1 Å². The van der Waals surface area contributed by atoms with E-state index in [-0.39, 0.29) is 0 Å². The first-order chi connectivity index (χ1) is 11.3. The molecule has 4 rings (SSSR count). The summed E-state index contributed by atoms with van der Waals surface area (Å²) in [7, 11) is 0. The molecule has 1 saturated heterocycles. The van der Waals surface area contributed by atoms with Crippen LogP contribution >= 0.6 is 23.6 Å². The van der Waals surface area contributed by atoms with Crippen molar-refractivity contribution in [3.8, 4) is 10.8 Å².